The highest BCUT2D eigenvalue weighted by Gasteiger charge is 1.94. The van der Waals surface area contributed by atoms with Gasteiger partial charge >= 0.3 is 0 Å². The van der Waals surface area contributed by atoms with Gasteiger partial charge in [0, 0.05) is 12.7 Å². The number of nitrogens with zero attached hydrogens (tertiary/aromatic N) is 2. The minimum atomic E-state index is 0.925. The minimum Gasteiger partial charge on any atom is -0.303 e. The molecular weight excluding hydrogens is 132 g/mol. The van der Waals surface area contributed by atoms with Crippen LogP contribution in [0.1, 0.15) is 5.01 Å². The van der Waals surface area contributed by atoms with Gasteiger partial charge in [-0.15, -0.1) is 11.3 Å². The third kappa shape index (κ3) is 2.11. The molecule has 0 atom stereocenters. The van der Waals surface area contributed by atoms with Crippen LogP contribution in [-0.4, -0.2) is 24.0 Å². The zero-order valence-electron chi connectivity index (χ0n) is 5.59. The second-order valence-electron chi connectivity index (χ2n) is 2.11. The van der Waals surface area contributed by atoms with Gasteiger partial charge in [-0.2, -0.15) is 0 Å². The lowest BCUT2D eigenvalue weighted by Gasteiger charge is -2.04. The summed E-state index contributed by atoms with van der Waals surface area (Å²) in [5.41, 5.74) is 0. The van der Waals surface area contributed by atoms with E-state index in [1.807, 2.05) is 14.1 Å². The maximum atomic E-state index is 4.08. The summed E-state index contributed by atoms with van der Waals surface area (Å²) in [4.78, 5) is 6.17. The molecule has 0 saturated carbocycles. The number of rotatable bonds is 2. The number of aromatic nitrogens is 1. The zero-order valence-corrected chi connectivity index (χ0v) is 6.40. The van der Waals surface area contributed by atoms with E-state index in [1.54, 1.807) is 17.5 Å². The van der Waals surface area contributed by atoms with Crippen molar-refractivity contribution in [2.24, 2.45) is 0 Å². The Hall–Kier alpha value is -0.410. The molecule has 0 unspecified atom stereocenters. The van der Waals surface area contributed by atoms with Crippen molar-refractivity contribution in [3.63, 3.8) is 0 Å². The third-order valence-electron chi connectivity index (χ3n) is 0.889. The van der Waals surface area contributed by atoms with Crippen molar-refractivity contribution in [2.45, 2.75) is 6.54 Å². The molecule has 9 heavy (non-hydrogen) atoms. The van der Waals surface area contributed by atoms with Gasteiger partial charge in [0.2, 0.25) is 0 Å². The molecule has 0 aromatic carbocycles. The maximum Gasteiger partial charge on any atom is 0.107 e. The molecule has 0 bridgehead atoms. The zero-order chi connectivity index (χ0) is 6.69. The van der Waals surface area contributed by atoms with Gasteiger partial charge in [-0.1, -0.05) is 0 Å². The van der Waals surface area contributed by atoms with Gasteiger partial charge in [0.15, 0.2) is 0 Å². The fourth-order valence-electron chi connectivity index (χ4n) is 0.563. The van der Waals surface area contributed by atoms with Crippen molar-refractivity contribution in [3.05, 3.63) is 16.6 Å². The van der Waals surface area contributed by atoms with E-state index in [9.17, 15) is 0 Å². The van der Waals surface area contributed by atoms with Crippen LogP contribution in [0.5, 0.6) is 0 Å². The van der Waals surface area contributed by atoms with Crippen LogP contribution >= 0.6 is 11.3 Å². The molecule has 2 nitrogen and oxygen atoms in total. The van der Waals surface area contributed by atoms with Crippen molar-refractivity contribution < 1.29 is 0 Å². The van der Waals surface area contributed by atoms with Crippen molar-refractivity contribution in [1.29, 1.82) is 0 Å². The lowest BCUT2D eigenvalue weighted by Crippen LogP contribution is -2.09. The van der Waals surface area contributed by atoms with Crippen molar-refractivity contribution >= 4 is 11.3 Å². The molecule has 0 aliphatic heterocycles. The first-order chi connectivity index (χ1) is 4.29. The number of hydrogen-bond donors (Lipinski definition) is 0. The molecule has 0 amide bonds. The Kier molecular flexibility index (Phi) is 2.19. The molecule has 1 aromatic rings. The first-order valence-electron chi connectivity index (χ1n) is 2.74. The van der Waals surface area contributed by atoms with Crippen LogP contribution in [0, 0.1) is 5.38 Å². The van der Waals surface area contributed by atoms with E-state index in [0.717, 1.165) is 11.6 Å². The van der Waals surface area contributed by atoms with Crippen LogP contribution in [0.3, 0.4) is 0 Å². The summed E-state index contributed by atoms with van der Waals surface area (Å²) in [6, 6.07) is 0. The average molecular weight is 141 g/mol. The van der Waals surface area contributed by atoms with Crippen molar-refractivity contribution in [1.82, 2.24) is 9.88 Å². The van der Waals surface area contributed by atoms with Gasteiger partial charge in [-0.05, 0) is 14.1 Å². The first kappa shape index (κ1) is 6.71. The highest BCUT2D eigenvalue weighted by atomic mass is 32.1. The Bertz CT molecular complexity index is 158. The van der Waals surface area contributed by atoms with Gasteiger partial charge in [0.05, 0.1) is 5.38 Å². The molecule has 1 heterocycles. The Morgan fingerprint density at radius 2 is 2.56 bits per heavy atom. The first-order valence-corrected chi connectivity index (χ1v) is 3.56. The minimum absolute atomic E-state index is 0.925. The molecule has 0 spiro atoms. The second kappa shape index (κ2) is 2.94. The lowest BCUT2D eigenvalue weighted by atomic mass is 10.6. The van der Waals surface area contributed by atoms with Gasteiger partial charge in [0.25, 0.3) is 0 Å². The van der Waals surface area contributed by atoms with Crippen LogP contribution < -0.4 is 0 Å². The molecule has 0 aliphatic carbocycles. The van der Waals surface area contributed by atoms with Crippen LogP contribution in [0.25, 0.3) is 0 Å². The van der Waals surface area contributed by atoms with E-state index < -0.39 is 0 Å². The molecule has 0 saturated heterocycles. The fraction of sp³-hybridized carbons (Fsp3) is 0.500. The lowest BCUT2D eigenvalue weighted by molar-refractivity contribution is 0.401. The molecule has 1 rings (SSSR count). The molecule has 1 radical (unpaired) electrons. The van der Waals surface area contributed by atoms with Crippen LogP contribution in [0.15, 0.2) is 6.20 Å². The predicted octanol–water partition coefficient (Wildman–Crippen LogP) is 1.00. The van der Waals surface area contributed by atoms with Gasteiger partial charge in [-0.25, -0.2) is 4.98 Å². The molecule has 0 N–H and O–H groups in total. The summed E-state index contributed by atoms with van der Waals surface area (Å²) in [5.74, 6) is 0. The summed E-state index contributed by atoms with van der Waals surface area (Å²) in [6.07, 6.45) is 1.71. The van der Waals surface area contributed by atoms with E-state index >= 15 is 0 Å². The van der Waals surface area contributed by atoms with Crippen LogP contribution in [0.2, 0.25) is 0 Å². The molecule has 0 aliphatic rings. The Labute approximate surface area is 59.1 Å². The number of thiazole rings is 1. The Balaban J connectivity index is 2.48. The normalized spacial score (nSPS) is 10.6. The highest BCUT2D eigenvalue weighted by molar-refractivity contribution is 7.09. The number of hydrogen-bond acceptors (Lipinski definition) is 3. The standard InChI is InChI=1S/C6H9N2S/c1-8(2)5-6-7-3-4-9-6/h3H,5H2,1-2H3. The second-order valence-corrected chi connectivity index (χ2v) is 3.02. The summed E-state index contributed by atoms with van der Waals surface area (Å²) in [6.45, 7) is 0.925. The van der Waals surface area contributed by atoms with E-state index in [0.29, 0.717) is 0 Å². The Morgan fingerprint density at radius 3 is 3.00 bits per heavy atom. The molecule has 0 fully saturated rings. The fourth-order valence-corrected chi connectivity index (χ4v) is 1.23. The predicted molar refractivity (Wildman–Crippen MR) is 38.3 cm³/mol. The Morgan fingerprint density at radius 1 is 1.78 bits per heavy atom. The topological polar surface area (TPSA) is 16.1 Å². The van der Waals surface area contributed by atoms with E-state index in [1.165, 1.54) is 0 Å². The molecule has 49 valence electrons. The third-order valence-corrected chi connectivity index (χ3v) is 1.58. The largest absolute Gasteiger partial charge is 0.303 e. The van der Waals surface area contributed by atoms with Crippen LogP contribution in [-0.2, 0) is 6.54 Å². The summed E-state index contributed by atoms with van der Waals surface area (Å²) < 4.78 is 0. The highest BCUT2D eigenvalue weighted by Crippen LogP contribution is 2.03. The SMILES string of the molecule is CN(C)Cc1nc[c]s1. The van der Waals surface area contributed by atoms with Crippen molar-refractivity contribution in [3.8, 4) is 0 Å². The smallest absolute Gasteiger partial charge is 0.107 e. The summed E-state index contributed by atoms with van der Waals surface area (Å²) >= 11 is 1.57. The van der Waals surface area contributed by atoms with E-state index in [-0.39, 0.29) is 0 Å². The van der Waals surface area contributed by atoms with Gasteiger partial charge in [-0.3, -0.25) is 0 Å². The average Bonchev–Trinajstić information content (AvgIpc) is 2.15. The maximum absolute atomic E-state index is 4.08. The van der Waals surface area contributed by atoms with Gasteiger partial charge < -0.3 is 4.90 Å². The summed E-state index contributed by atoms with van der Waals surface area (Å²) in [5, 5.41) is 4.06. The van der Waals surface area contributed by atoms with Gasteiger partial charge in [0.1, 0.15) is 5.01 Å². The van der Waals surface area contributed by atoms with E-state index in [2.05, 4.69) is 15.3 Å². The molecular formula is C6H9N2S. The van der Waals surface area contributed by atoms with E-state index in [4.69, 9.17) is 0 Å². The molecule has 3 heteroatoms. The monoisotopic (exact) mass is 141 g/mol. The quantitative estimate of drug-likeness (QED) is 0.611. The van der Waals surface area contributed by atoms with Crippen LogP contribution in [0.4, 0.5) is 0 Å². The summed E-state index contributed by atoms with van der Waals surface area (Å²) in [7, 11) is 4.06. The van der Waals surface area contributed by atoms with Crippen molar-refractivity contribution in [2.75, 3.05) is 14.1 Å². The molecule has 1 aromatic heterocycles.